The molecule has 0 unspecified atom stereocenters. The largest absolute Gasteiger partial charge is 0.493 e. The first-order chi connectivity index (χ1) is 17.1. The molecule has 1 aliphatic rings. The number of nitrogens with zero attached hydrogens (tertiary/aromatic N) is 3. The number of ether oxygens (including phenoxy) is 2. The number of aryl methyl sites for hydroxylation is 1. The van der Waals surface area contributed by atoms with Gasteiger partial charge in [0, 0.05) is 40.7 Å². The fourth-order valence-corrected chi connectivity index (χ4v) is 5.29. The van der Waals surface area contributed by atoms with Crippen molar-refractivity contribution in [2.24, 2.45) is 5.16 Å². The quantitative estimate of drug-likeness (QED) is 0.286. The van der Waals surface area contributed by atoms with Crippen LogP contribution in [0.15, 0.2) is 34.8 Å². The van der Waals surface area contributed by atoms with Crippen LogP contribution < -0.4 is 9.47 Å². The molecule has 2 aromatic heterocycles. The van der Waals surface area contributed by atoms with Gasteiger partial charge >= 0.3 is 0 Å². The van der Waals surface area contributed by atoms with E-state index in [2.05, 4.69) is 27.9 Å². The van der Waals surface area contributed by atoms with E-state index < -0.39 is 0 Å². The number of hydrogen-bond acceptors (Lipinski definition) is 6. The molecular weight excluding hydrogens is 474 g/mol. The summed E-state index contributed by atoms with van der Waals surface area (Å²) in [4.78, 5) is 21.9. The number of rotatable bonds is 7. The fraction of sp³-hybridized carbons (Fsp3) is 0.429. The second-order valence-electron chi connectivity index (χ2n) is 10.1. The van der Waals surface area contributed by atoms with Crippen LogP contribution in [0.25, 0.3) is 21.7 Å². The normalized spacial score (nSPS) is 13.0. The van der Waals surface area contributed by atoms with Gasteiger partial charge in [-0.3, -0.25) is 4.79 Å². The minimum absolute atomic E-state index is 0.00827. The standard InChI is InChI=1S/C28H35N3O4S/c1-17(2)35-22-15-19-18(14-21(22)33-7)11-12-31-25(19)24(23-10-9-13-36-23)20(16-29-34-8)26(31)27(32)30(6)28(3,4)5/h9-10,13-17H,11-12H2,1-8H3. The maximum Gasteiger partial charge on any atom is 0.271 e. The van der Waals surface area contributed by atoms with E-state index in [1.807, 2.05) is 53.1 Å². The van der Waals surface area contributed by atoms with E-state index in [9.17, 15) is 4.79 Å². The average Bonchev–Trinajstić information content (AvgIpc) is 3.46. The van der Waals surface area contributed by atoms with Crippen LogP contribution in [-0.2, 0) is 17.8 Å². The van der Waals surface area contributed by atoms with Crippen molar-refractivity contribution in [1.29, 1.82) is 0 Å². The lowest BCUT2D eigenvalue weighted by Gasteiger charge is -2.33. The summed E-state index contributed by atoms with van der Waals surface area (Å²) in [5, 5.41) is 6.16. The Bertz CT molecular complexity index is 1280. The predicted molar refractivity (Wildman–Crippen MR) is 146 cm³/mol. The van der Waals surface area contributed by atoms with Gasteiger partial charge < -0.3 is 23.8 Å². The molecule has 192 valence electrons. The molecule has 3 heterocycles. The van der Waals surface area contributed by atoms with E-state index >= 15 is 0 Å². The first-order valence-electron chi connectivity index (χ1n) is 12.1. The topological polar surface area (TPSA) is 65.3 Å². The zero-order valence-electron chi connectivity index (χ0n) is 22.3. The number of carbonyl (C=O) groups is 1. The predicted octanol–water partition coefficient (Wildman–Crippen LogP) is 6.09. The molecule has 1 aliphatic heterocycles. The van der Waals surface area contributed by atoms with Gasteiger partial charge in [-0.2, -0.15) is 0 Å². The Hall–Kier alpha value is -3.26. The molecule has 36 heavy (non-hydrogen) atoms. The molecular formula is C28H35N3O4S. The highest BCUT2D eigenvalue weighted by molar-refractivity contribution is 7.13. The maximum absolute atomic E-state index is 14.0. The zero-order chi connectivity index (χ0) is 26.2. The first-order valence-corrected chi connectivity index (χ1v) is 13.0. The number of hydrogen-bond donors (Lipinski definition) is 0. The Balaban J connectivity index is 2.07. The number of methoxy groups -OCH3 is 1. The molecule has 7 nitrogen and oxygen atoms in total. The van der Waals surface area contributed by atoms with Gasteiger partial charge in [0.2, 0.25) is 0 Å². The van der Waals surface area contributed by atoms with Gasteiger partial charge in [0.25, 0.3) is 5.91 Å². The molecule has 0 fully saturated rings. The number of benzene rings is 1. The van der Waals surface area contributed by atoms with Gasteiger partial charge in [-0.1, -0.05) is 11.2 Å². The van der Waals surface area contributed by atoms with E-state index in [1.54, 1.807) is 29.6 Å². The van der Waals surface area contributed by atoms with Crippen molar-refractivity contribution < 1.29 is 19.1 Å². The lowest BCUT2D eigenvalue weighted by Crippen LogP contribution is -2.43. The SMILES string of the molecule is CON=Cc1c(-c2cccs2)c2n(c1C(=O)N(C)C(C)(C)C)CCc1cc(OC)c(OC(C)C)cc1-2. The van der Waals surface area contributed by atoms with Crippen LogP contribution in [0.4, 0.5) is 0 Å². The molecule has 3 aromatic rings. The van der Waals surface area contributed by atoms with Crippen molar-refractivity contribution in [2.75, 3.05) is 21.3 Å². The summed E-state index contributed by atoms with van der Waals surface area (Å²) in [6.07, 6.45) is 2.42. The minimum atomic E-state index is -0.348. The zero-order valence-corrected chi connectivity index (χ0v) is 23.2. The number of fused-ring (bicyclic) bond motifs is 3. The third kappa shape index (κ3) is 4.62. The second kappa shape index (κ2) is 10.0. The van der Waals surface area contributed by atoms with Crippen LogP contribution in [-0.4, -0.2) is 54.5 Å². The number of amides is 1. The van der Waals surface area contributed by atoms with Crippen LogP contribution in [0, 0.1) is 0 Å². The highest BCUT2D eigenvalue weighted by Crippen LogP contribution is 2.47. The van der Waals surface area contributed by atoms with Crippen LogP contribution in [0.5, 0.6) is 11.5 Å². The molecule has 1 aromatic carbocycles. The van der Waals surface area contributed by atoms with Gasteiger partial charge in [0.05, 0.1) is 25.1 Å². The Morgan fingerprint density at radius 1 is 1.22 bits per heavy atom. The smallest absolute Gasteiger partial charge is 0.271 e. The molecule has 0 saturated heterocycles. The van der Waals surface area contributed by atoms with Gasteiger partial charge in [-0.05, 0) is 70.2 Å². The van der Waals surface area contributed by atoms with Crippen molar-refractivity contribution in [3.63, 3.8) is 0 Å². The lowest BCUT2D eigenvalue weighted by atomic mass is 9.94. The van der Waals surface area contributed by atoms with Crippen LogP contribution >= 0.6 is 11.3 Å². The summed E-state index contributed by atoms with van der Waals surface area (Å²) in [6, 6.07) is 8.22. The third-order valence-electron chi connectivity index (χ3n) is 6.48. The van der Waals surface area contributed by atoms with Crippen molar-refractivity contribution in [1.82, 2.24) is 9.47 Å². The van der Waals surface area contributed by atoms with E-state index in [-0.39, 0.29) is 17.6 Å². The number of thiophene rings is 1. The molecule has 0 atom stereocenters. The summed E-state index contributed by atoms with van der Waals surface area (Å²) in [5.74, 6) is 1.34. The number of aromatic nitrogens is 1. The number of oxime groups is 1. The molecule has 1 amide bonds. The monoisotopic (exact) mass is 509 g/mol. The van der Waals surface area contributed by atoms with Gasteiger partial charge in [-0.25, -0.2) is 0 Å². The fourth-order valence-electron chi connectivity index (χ4n) is 4.50. The van der Waals surface area contributed by atoms with Crippen LogP contribution in [0.3, 0.4) is 0 Å². The molecule has 0 spiro atoms. The third-order valence-corrected chi connectivity index (χ3v) is 7.37. The first kappa shape index (κ1) is 25.8. The van der Waals surface area contributed by atoms with Crippen LogP contribution in [0.2, 0.25) is 0 Å². The van der Waals surface area contributed by atoms with E-state index in [1.165, 1.54) is 7.11 Å². The van der Waals surface area contributed by atoms with Crippen LogP contribution in [0.1, 0.15) is 56.2 Å². The average molecular weight is 510 g/mol. The van der Waals surface area contributed by atoms with Crippen molar-refractivity contribution in [2.45, 2.75) is 59.2 Å². The summed E-state index contributed by atoms with van der Waals surface area (Å²) in [7, 11) is 5.02. The highest BCUT2D eigenvalue weighted by atomic mass is 32.1. The summed E-state index contributed by atoms with van der Waals surface area (Å²) in [5.41, 5.74) is 5.16. The minimum Gasteiger partial charge on any atom is -0.493 e. The highest BCUT2D eigenvalue weighted by Gasteiger charge is 2.35. The van der Waals surface area contributed by atoms with Gasteiger partial charge in [0.1, 0.15) is 12.8 Å². The Labute approximate surface area is 217 Å². The molecule has 0 bridgehead atoms. The summed E-state index contributed by atoms with van der Waals surface area (Å²) >= 11 is 1.64. The van der Waals surface area contributed by atoms with E-state index in [0.717, 1.165) is 39.2 Å². The molecule has 0 radical (unpaired) electrons. The summed E-state index contributed by atoms with van der Waals surface area (Å²) < 4.78 is 13.9. The van der Waals surface area contributed by atoms with Gasteiger partial charge in [-0.15, -0.1) is 11.3 Å². The van der Waals surface area contributed by atoms with Crippen molar-refractivity contribution in [3.8, 4) is 33.2 Å². The molecule has 4 rings (SSSR count). The van der Waals surface area contributed by atoms with Gasteiger partial charge in [0.15, 0.2) is 11.5 Å². The Kier molecular flexibility index (Phi) is 7.18. The van der Waals surface area contributed by atoms with E-state index in [0.29, 0.717) is 23.7 Å². The van der Waals surface area contributed by atoms with Crippen molar-refractivity contribution >= 4 is 23.5 Å². The molecule has 0 N–H and O–H groups in total. The lowest BCUT2D eigenvalue weighted by molar-refractivity contribution is 0.0644. The second-order valence-corrected chi connectivity index (χ2v) is 11.1. The summed E-state index contributed by atoms with van der Waals surface area (Å²) in [6.45, 7) is 10.8. The number of carbonyl (C=O) groups excluding carboxylic acids is 1. The van der Waals surface area contributed by atoms with E-state index in [4.69, 9.17) is 14.3 Å². The van der Waals surface area contributed by atoms with Crippen molar-refractivity contribution in [3.05, 3.63) is 46.5 Å². The maximum atomic E-state index is 14.0. The molecule has 0 aliphatic carbocycles. The Morgan fingerprint density at radius 3 is 2.56 bits per heavy atom. The Morgan fingerprint density at radius 2 is 1.97 bits per heavy atom. The molecule has 8 heteroatoms. The molecule has 0 saturated carbocycles.